The van der Waals surface area contributed by atoms with E-state index in [4.69, 9.17) is 5.73 Å². The van der Waals surface area contributed by atoms with Crippen LogP contribution in [0.15, 0.2) is 6.20 Å². The number of hydrogen-bond donors (Lipinski definition) is 2. The van der Waals surface area contributed by atoms with Crippen molar-refractivity contribution in [2.45, 2.75) is 25.8 Å². The molecule has 2 aliphatic rings. The fourth-order valence-electron chi connectivity index (χ4n) is 2.70. The largest absolute Gasteiger partial charge is 0.384 e. The van der Waals surface area contributed by atoms with E-state index in [-0.39, 0.29) is 0 Å². The molecule has 4 heteroatoms. The Bertz CT molecular complexity index is 332. The number of nitrogens with two attached hydrogens (primary N) is 1. The van der Waals surface area contributed by atoms with Gasteiger partial charge in [0.05, 0.1) is 6.20 Å². The highest BCUT2D eigenvalue weighted by Gasteiger charge is 2.46. The highest BCUT2D eigenvalue weighted by molar-refractivity contribution is 5.36. The standard InChI is InChI=1S/C10H16N4/c11-9-8(4-12-13-9)5-14-6-10(7-14)2-1-3-10/h4H,1-3,5-7H2,(H3,11,12,13). The molecule has 1 aromatic heterocycles. The SMILES string of the molecule is Nc1[nH]ncc1CN1CC2(CCC2)C1. The minimum Gasteiger partial charge on any atom is -0.384 e. The zero-order chi connectivity index (χ0) is 9.60. The molecule has 0 radical (unpaired) electrons. The van der Waals surface area contributed by atoms with E-state index < -0.39 is 0 Å². The van der Waals surface area contributed by atoms with Crippen LogP contribution < -0.4 is 5.73 Å². The summed E-state index contributed by atoms with van der Waals surface area (Å²) in [6, 6.07) is 0. The van der Waals surface area contributed by atoms with Gasteiger partial charge in [-0.15, -0.1) is 0 Å². The molecule has 2 fully saturated rings. The molecule has 2 heterocycles. The van der Waals surface area contributed by atoms with Gasteiger partial charge in [0.15, 0.2) is 0 Å². The highest BCUT2D eigenvalue weighted by Crippen LogP contribution is 2.48. The minimum absolute atomic E-state index is 0.707. The Hall–Kier alpha value is -1.03. The molecule has 0 atom stereocenters. The molecule has 3 N–H and O–H groups in total. The molecular formula is C10H16N4. The summed E-state index contributed by atoms with van der Waals surface area (Å²) in [6.07, 6.45) is 6.14. The van der Waals surface area contributed by atoms with Crippen LogP contribution in [0.4, 0.5) is 5.82 Å². The van der Waals surface area contributed by atoms with E-state index in [0.29, 0.717) is 5.41 Å². The van der Waals surface area contributed by atoms with Crippen molar-refractivity contribution in [2.75, 3.05) is 18.8 Å². The number of likely N-dealkylation sites (tertiary alicyclic amines) is 1. The topological polar surface area (TPSA) is 57.9 Å². The second-order valence-electron chi connectivity index (χ2n) is 4.81. The maximum absolute atomic E-state index is 5.74. The summed E-state index contributed by atoms with van der Waals surface area (Å²) in [5, 5.41) is 6.70. The van der Waals surface area contributed by atoms with Gasteiger partial charge in [-0.3, -0.25) is 10.00 Å². The van der Waals surface area contributed by atoms with Crippen molar-refractivity contribution in [3.63, 3.8) is 0 Å². The number of aromatic amines is 1. The Morgan fingerprint density at radius 2 is 2.29 bits per heavy atom. The molecule has 1 spiro atoms. The Morgan fingerprint density at radius 1 is 1.50 bits per heavy atom. The van der Waals surface area contributed by atoms with E-state index in [1.54, 1.807) is 0 Å². The molecule has 1 aromatic rings. The van der Waals surface area contributed by atoms with Gasteiger partial charge < -0.3 is 5.73 Å². The number of H-pyrrole nitrogens is 1. The molecule has 0 bridgehead atoms. The van der Waals surface area contributed by atoms with E-state index in [9.17, 15) is 0 Å². The second-order valence-corrected chi connectivity index (χ2v) is 4.81. The highest BCUT2D eigenvalue weighted by atomic mass is 15.2. The first-order valence-electron chi connectivity index (χ1n) is 5.28. The molecule has 1 saturated carbocycles. The lowest BCUT2D eigenvalue weighted by molar-refractivity contribution is -0.0644. The first-order valence-corrected chi connectivity index (χ1v) is 5.28. The minimum atomic E-state index is 0.707. The van der Waals surface area contributed by atoms with Crippen molar-refractivity contribution < 1.29 is 0 Å². The summed E-state index contributed by atoms with van der Waals surface area (Å²) >= 11 is 0. The van der Waals surface area contributed by atoms with Crippen molar-refractivity contribution in [2.24, 2.45) is 5.41 Å². The molecule has 1 saturated heterocycles. The number of hydrogen-bond acceptors (Lipinski definition) is 3. The molecule has 76 valence electrons. The molecule has 3 rings (SSSR count). The van der Waals surface area contributed by atoms with Crippen LogP contribution in [-0.2, 0) is 6.54 Å². The molecule has 0 aromatic carbocycles. The lowest BCUT2D eigenvalue weighted by atomic mass is 9.63. The number of nitrogens with zero attached hydrogens (tertiary/aromatic N) is 2. The van der Waals surface area contributed by atoms with E-state index in [0.717, 1.165) is 17.9 Å². The van der Waals surface area contributed by atoms with Crippen molar-refractivity contribution in [3.8, 4) is 0 Å². The number of nitrogen functional groups attached to an aromatic ring is 1. The van der Waals surface area contributed by atoms with Gasteiger partial charge in [-0.2, -0.15) is 5.10 Å². The average molecular weight is 192 g/mol. The lowest BCUT2D eigenvalue weighted by Crippen LogP contribution is -2.58. The summed E-state index contributed by atoms with van der Waals surface area (Å²) < 4.78 is 0. The van der Waals surface area contributed by atoms with Gasteiger partial charge in [-0.1, -0.05) is 6.42 Å². The van der Waals surface area contributed by atoms with Crippen LogP contribution in [0.3, 0.4) is 0 Å². The van der Waals surface area contributed by atoms with Crippen LogP contribution in [0.5, 0.6) is 0 Å². The molecule has 4 nitrogen and oxygen atoms in total. The first kappa shape index (κ1) is 8.29. The van der Waals surface area contributed by atoms with Crippen LogP contribution in [0.25, 0.3) is 0 Å². The summed E-state index contributed by atoms with van der Waals surface area (Å²) in [5.41, 5.74) is 7.58. The van der Waals surface area contributed by atoms with E-state index in [1.807, 2.05) is 6.20 Å². The van der Waals surface area contributed by atoms with Gasteiger partial charge in [-0.05, 0) is 18.3 Å². The lowest BCUT2D eigenvalue weighted by Gasteiger charge is -2.56. The third kappa shape index (κ3) is 1.14. The molecular weight excluding hydrogens is 176 g/mol. The summed E-state index contributed by atoms with van der Waals surface area (Å²) in [4.78, 5) is 2.46. The van der Waals surface area contributed by atoms with Crippen LogP contribution in [0.2, 0.25) is 0 Å². The fourth-order valence-corrected chi connectivity index (χ4v) is 2.70. The van der Waals surface area contributed by atoms with Crippen molar-refractivity contribution in [1.29, 1.82) is 0 Å². The summed E-state index contributed by atoms with van der Waals surface area (Å²) in [7, 11) is 0. The molecule has 1 aliphatic carbocycles. The van der Waals surface area contributed by atoms with E-state index in [2.05, 4.69) is 15.1 Å². The molecule has 1 aliphatic heterocycles. The third-order valence-electron chi connectivity index (χ3n) is 3.68. The van der Waals surface area contributed by atoms with Gasteiger partial charge in [0.1, 0.15) is 5.82 Å². The van der Waals surface area contributed by atoms with Gasteiger partial charge in [-0.25, -0.2) is 0 Å². The van der Waals surface area contributed by atoms with E-state index in [1.165, 1.54) is 32.4 Å². The predicted octanol–water partition coefficient (Wildman–Crippen LogP) is 0.978. The zero-order valence-electron chi connectivity index (χ0n) is 8.29. The second kappa shape index (κ2) is 2.73. The van der Waals surface area contributed by atoms with Crippen molar-refractivity contribution in [3.05, 3.63) is 11.8 Å². The molecule has 0 amide bonds. The van der Waals surface area contributed by atoms with Crippen molar-refractivity contribution >= 4 is 5.82 Å². The van der Waals surface area contributed by atoms with Crippen LogP contribution in [-0.4, -0.2) is 28.2 Å². The predicted molar refractivity (Wildman–Crippen MR) is 54.6 cm³/mol. The average Bonchev–Trinajstić information content (AvgIpc) is 2.39. The maximum Gasteiger partial charge on any atom is 0.123 e. The first-order chi connectivity index (χ1) is 6.77. The zero-order valence-corrected chi connectivity index (χ0v) is 8.29. The number of anilines is 1. The number of nitrogens with one attached hydrogen (secondary N) is 1. The van der Waals surface area contributed by atoms with Crippen LogP contribution >= 0.6 is 0 Å². The third-order valence-corrected chi connectivity index (χ3v) is 3.68. The Morgan fingerprint density at radius 3 is 2.79 bits per heavy atom. The van der Waals surface area contributed by atoms with Crippen LogP contribution in [0, 0.1) is 5.41 Å². The van der Waals surface area contributed by atoms with Gasteiger partial charge in [0.25, 0.3) is 0 Å². The maximum atomic E-state index is 5.74. The summed E-state index contributed by atoms with van der Waals surface area (Å²) in [6.45, 7) is 3.49. The van der Waals surface area contributed by atoms with Gasteiger partial charge in [0.2, 0.25) is 0 Å². The smallest absolute Gasteiger partial charge is 0.123 e. The van der Waals surface area contributed by atoms with Crippen molar-refractivity contribution in [1.82, 2.24) is 15.1 Å². The molecule has 14 heavy (non-hydrogen) atoms. The number of aromatic nitrogens is 2. The Labute approximate surface area is 83.5 Å². The van der Waals surface area contributed by atoms with E-state index >= 15 is 0 Å². The monoisotopic (exact) mass is 192 g/mol. The normalized spacial score (nSPS) is 24.6. The number of rotatable bonds is 2. The fraction of sp³-hybridized carbons (Fsp3) is 0.700. The molecule has 0 unspecified atom stereocenters. The summed E-state index contributed by atoms with van der Waals surface area (Å²) in [5.74, 6) is 0.722. The Balaban J connectivity index is 1.58. The van der Waals surface area contributed by atoms with Gasteiger partial charge in [0, 0.05) is 25.2 Å². The van der Waals surface area contributed by atoms with Gasteiger partial charge >= 0.3 is 0 Å². The van der Waals surface area contributed by atoms with Crippen LogP contribution in [0.1, 0.15) is 24.8 Å². The quantitative estimate of drug-likeness (QED) is 0.734. The Kier molecular flexibility index (Phi) is 1.62.